The fraction of sp³-hybridized carbons (Fsp3) is 0.467. The van der Waals surface area contributed by atoms with Gasteiger partial charge in [-0.15, -0.1) is 0 Å². The van der Waals surface area contributed by atoms with E-state index in [1.807, 2.05) is 13.8 Å². The summed E-state index contributed by atoms with van der Waals surface area (Å²) in [4.78, 5) is 23.5. The average Bonchev–Trinajstić information content (AvgIpc) is 2.44. The highest BCUT2D eigenvalue weighted by atomic mass is 16.5. The average molecular weight is 279 g/mol. The third-order valence-corrected chi connectivity index (χ3v) is 3.20. The predicted molar refractivity (Wildman–Crippen MR) is 76.0 cm³/mol. The second-order valence-electron chi connectivity index (χ2n) is 4.60. The number of rotatable bonds is 7. The number of ether oxygens (including phenoxy) is 1. The molecule has 0 aromatic heterocycles. The lowest BCUT2D eigenvalue weighted by Gasteiger charge is -2.20. The lowest BCUT2D eigenvalue weighted by molar-refractivity contribution is -0.140. The van der Waals surface area contributed by atoms with Crippen molar-refractivity contribution in [1.29, 1.82) is 0 Å². The van der Waals surface area contributed by atoms with Crippen LogP contribution in [0.4, 0.5) is 0 Å². The first-order valence-corrected chi connectivity index (χ1v) is 6.76. The van der Waals surface area contributed by atoms with Crippen LogP contribution < -0.4 is 10.1 Å². The van der Waals surface area contributed by atoms with Crippen LogP contribution in [0.3, 0.4) is 0 Å². The third kappa shape index (κ3) is 3.98. The maximum atomic E-state index is 12.2. The van der Waals surface area contributed by atoms with Crippen LogP contribution in [0.2, 0.25) is 0 Å². The minimum Gasteiger partial charge on any atom is -0.493 e. The zero-order chi connectivity index (χ0) is 15.1. The van der Waals surface area contributed by atoms with Gasteiger partial charge in [-0.2, -0.15) is 0 Å². The van der Waals surface area contributed by atoms with E-state index in [-0.39, 0.29) is 5.92 Å². The van der Waals surface area contributed by atoms with Crippen molar-refractivity contribution in [2.45, 2.75) is 33.2 Å². The molecule has 5 heteroatoms. The summed E-state index contributed by atoms with van der Waals surface area (Å²) in [5, 5.41) is 11.8. The summed E-state index contributed by atoms with van der Waals surface area (Å²) in [6.45, 7) is 5.96. The van der Waals surface area contributed by atoms with Gasteiger partial charge >= 0.3 is 5.97 Å². The SMILES string of the molecule is CCOc1ccccc1C(=O)NC(C(=O)O)C(C)CC. The van der Waals surface area contributed by atoms with Gasteiger partial charge in [0.05, 0.1) is 12.2 Å². The molecule has 1 rings (SSSR count). The summed E-state index contributed by atoms with van der Waals surface area (Å²) in [5.41, 5.74) is 0.351. The van der Waals surface area contributed by atoms with Gasteiger partial charge in [0.25, 0.3) is 5.91 Å². The molecule has 2 atom stereocenters. The van der Waals surface area contributed by atoms with Gasteiger partial charge in [-0.25, -0.2) is 4.79 Å². The maximum absolute atomic E-state index is 12.2. The molecule has 1 aromatic rings. The monoisotopic (exact) mass is 279 g/mol. The largest absolute Gasteiger partial charge is 0.493 e. The second-order valence-corrected chi connectivity index (χ2v) is 4.60. The Labute approximate surface area is 118 Å². The number of carboxylic acids is 1. The Morgan fingerprint density at radius 3 is 2.50 bits per heavy atom. The third-order valence-electron chi connectivity index (χ3n) is 3.20. The first kappa shape index (κ1) is 16.0. The second kappa shape index (κ2) is 7.53. The Kier molecular flexibility index (Phi) is 6.03. The smallest absolute Gasteiger partial charge is 0.326 e. The molecule has 0 aliphatic heterocycles. The molecule has 0 heterocycles. The molecule has 110 valence electrons. The van der Waals surface area contributed by atoms with E-state index in [0.717, 1.165) is 0 Å². The topological polar surface area (TPSA) is 75.6 Å². The molecule has 20 heavy (non-hydrogen) atoms. The molecule has 2 unspecified atom stereocenters. The van der Waals surface area contributed by atoms with Crippen molar-refractivity contribution in [2.75, 3.05) is 6.61 Å². The minimum absolute atomic E-state index is 0.143. The summed E-state index contributed by atoms with van der Waals surface area (Å²) < 4.78 is 5.38. The first-order chi connectivity index (χ1) is 9.51. The molecule has 2 N–H and O–H groups in total. The number of para-hydroxylation sites is 1. The Balaban J connectivity index is 2.92. The molecule has 0 radical (unpaired) electrons. The summed E-state index contributed by atoms with van der Waals surface area (Å²) in [6.07, 6.45) is 0.671. The zero-order valence-corrected chi connectivity index (χ0v) is 12.1. The van der Waals surface area contributed by atoms with Crippen LogP contribution >= 0.6 is 0 Å². The molecule has 0 saturated heterocycles. The van der Waals surface area contributed by atoms with Crippen molar-refractivity contribution in [1.82, 2.24) is 5.32 Å². The van der Waals surface area contributed by atoms with Crippen molar-refractivity contribution in [3.05, 3.63) is 29.8 Å². The molecule has 0 bridgehead atoms. The highest BCUT2D eigenvalue weighted by Gasteiger charge is 2.26. The Hall–Kier alpha value is -2.04. The number of carbonyl (C=O) groups is 2. The molecule has 0 aliphatic carbocycles. The van der Waals surface area contributed by atoms with Crippen molar-refractivity contribution in [3.8, 4) is 5.75 Å². The van der Waals surface area contributed by atoms with E-state index in [1.165, 1.54) is 0 Å². The van der Waals surface area contributed by atoms with Gasteiger partial charge < -0.3 is 15.2 Å². The number of amides is 1. The summed E-state index contributed by atoms with van der Waals surface area (Å²) in [5.74, 6) is -1.14. The van der Waals surface area contributed by atoms with E-state index in [9.17, 15) is 14.7 Å². The highest BCUT2D eigenvalue weighted by Crippen LogP contribution is 2.18. The van der Waals surface area contributed by atoms with E-state index < -0.39 is 17.9 Å². The van der Waals surface area contributed by atoms with Gasteiger partial charge in [0.15, 0.2) is 0 Å². The number of aliphatic carboxylic acids is 1. The molecular formula is C15H21NO4. The molecule has 0 spiro atoms. The fourth-order valence-corrected chi connectivity index (χ4v) is 1.84. The van der Waals surface area contributed by atoms with Crippen LogP contribution in [0.1, 0.15) is 37.6 Å². The van der Waals surface area contributed by atoms with Crippen molar-refractivity contribution in [2.24, 2.45) is 5.92 Å². The number of benzene rings is 1. The van der Waals surface area contributed by atoms with Crippen LogP contribution in [0.15, 0.2) is 24.3 Å². The van der Waals surface area contributed by atoms with E-state index in [2.05, 4.69) is 5.32 Å². The van der Waals surface area contributed by atoms with Crippen LogP contribution in [0.25, 0.3) is 0 Å². The van der Waals surface area contributed by atoms with Gasteiger partial charge in [-0.3, -0.25) is 4.79 Å². The predicted octanol–water partition coefficient (Wildman–Crippen LogP) is 2.31. The normalized spacial score (nSPS) is 13.3. The van der Waals surface area contributed by atoms with Crippen molar-refractivity contribution < 1.29 is 19.4 Å². The Morgan fingerprint density at radius 2 is 1.95 bits per heavy atom. The zero-order valence-electron chi connectivity index (χ0n) is 12.1. The molecule has 5 nitrogen and oxygen atoms in total. The van der Waals surface area contributed by atoms with Crippen LogP contribution in [0, 0.1) is 5.92 Å². The molecule has 0 fully saturated rings. The number of nitrogens with one attached hydrogen (secondary N) is 1. The van der Waals surface area contributed by atoms with Crippen molar-refractivity contribution >= 4 is 11.9 Å². The van der Waals surface area contributed by atoms with E-state index in [4.69, 9.17) is 4.74 Å². The van der Waals surface area contributed by atoms with Gasteiger partial charge in [0.1, 0.15) is 11.8 Å². The number of carbonyl (C=O) groups excluding carboxylic acids is 1. The number of hydrogen-bond acceptors (Lipinski definition) is 3. The molecule has 0 aliphatic rings. The highest BCUT2D eigenvalue weighted by molar-refractivity contribution is 5.98. The maximum Gasteiger partial charge on any atom is 0.326 e. The van der Waals surface area contributed by atoms with Crippen molar-refractivity contribution in [3.63, 3.8) is 0 Å². The van der Waals surface area contributed by atoms with Gasteiger partial charge in [-0.1, -0.05) is 32.4 Å². The van der Waals surface area contributed by atoms with Crippen LogP contribution in [-0.2, 0) is 4.79 Å². The van der Waals surface area contributed by atoms with E-state index in [1.54, 1.807) is 31.2 Å². The molecular weight excluding hydrogens is 258 g/mol. The van der Waals surface area contributed by atoms with E-state index >= 15 is 0 Å². The Morgan fingerprint density at radius 1 is 1.30 bits per heavy atom. The quantitative estimate of drug-likeness (QED) is 0.803. The van der Waals surface area contributed by atoms with Crippen LogP contribution in [-0.4, -0.2) is 29.6 Å². The van der Waals surface area contributed by atoms with Gasteiger partial charge in [-0.05, 0) is 25.0 Å². The lowest BCUT2D eigenvalue weighted by Crippen LogP contribution is -2.45. The summed E-state index contributed by atoms with van der Waals surface area (Å²) >= 11 is 0. The van der Waals surface area contributed by atoms with Crippen LogP contribution in [0.5, 0.6) is 5.75 Å². The number of hydrogen-bond donors (Lipinski definition) is 2. The molecule has 0 saturated carbocycles. The summed E-state index contributed by atoms with van der Waals surface area (Å²) in [6, 6.07) is 5.90. The molecule has 1 amide bonds. The lowest BCUT2D eigenvalue weighted by atomic mass is 9.99. The fourth-order valence-electron chi connectivity index (χ4n) is 1.84. The standard InChI is InChI=1S/C15H21NO4/c1-4-10(3)13(15(18)19)16-14(17)11-8-6-7-9-12(11)20-5-2/h6-10,13H,4-5H2,1-3H3,(H,16,17)(H,18,19). The first-order valence-electron chi connectivity index (χ1n) is 6.76. The number of carboxylic acid groups (broad SMARTS) is 1. The summed E-state index contributed by atoms with van der Waals surface area (Å²) in [7, 11) is 0. The van der Waals surface area contributed by atoms with Gasteiger partial charge in [0, 0.05) is 0 Å². The van der Waals surface area contributed by atoms with Gasteiger partial charge in [0.2, 0.25) is 0 Å². The molecule has 1 aromatic carbocycles. The minimum atomic E-state index is -1.03. The van der Waals surface area contributed by atoms with E-state index in [0.29, 0.717) is 24.3 Å². The Bertz CT molecular complexity index is 473.